The van der Waals surface area contributed by atoms with Gasteiger partial charge >= 0.3 is 0 Å². The van der Waals surface area contributed by atoms with Crippen LogP contribution >= 0.6 is 12.4 Å². The molecule has 0 aromatic carbocycles. The van der Waals surface area contributed by atoms with E-state index in [4.69, 9.17) is 0 Å². The Morgan fingerprint density at radius 3 is 2.64 bits per heavy atom. The van der Waals surface area contributed by atoms with E-state index in [1.807, 2.05) is 0 Å². The van der Waals surface area contributed by atoms with Crippen LogP contribution in [0.15, 0.2) is 0 Å². The van der Waals surface area contributed by atoms with Gasteiger partial charge in [-0.25, -0.2) is 0 Å². The second kappa shape index (κ2) is 8.54. The van der Waals surface area contributed by atoms with Gasteiger partial charge in [0, 0.05) is 12.5 Å². The van der Waals surface area contributed by atoms with Crippen LogP contribution in [0.3, 0.4) is 0 Å². The molecule has 22 heavy (non-hydrogen) atoms. The molecular formula is C18H33ClN2O. The van der Waals surface area contributed by atoms with E-state index < -0.39 is 0 Å². The summed E-state index contributed by atoms with van der Waals surface area (Å²) in [5.41, 5.74) is 0. The molecule has 3 nitrogen and oxygen atoms in total. The van der Waals surface area contributed by atoms with Crippen molar-refractivity contribution in [1.82, 2.24) is 10.6 Å². The first-order valence-electron chi connectivity index (χ1n) is 9.24. The molecule has 0 aromatic rings. The minimum Gasteiger partial charge on any atom is -0.353 e. The Morgan fingerprint density at radius 2 is 1.95 bits per heavy atom. The van der Waals surface area contributed by atoms with Crippen LogP contribution in [0.5, 0.6) is 0 Å². The van der Waals surface area contributed by atoms with E-state index >= 15 is 0 Å². The average Bonchev–Trinajstić information content (AvgIpc) is 3.28. The van der Waals surface area contributed by atoms with E-state index in [1.54, 1.807) is 0 Å². The summed E-state index contributed by atoms with van der Waals surface area (Å²) in [7, 11) is 0. The molecule has 128 valence electrons. The predicted octanol–water partition coefficient (Wildman–Crippen LogP) is 3.52. The third-order valence-corrected chi connectivity index (χ3v) is 6.09. The number of carbonyl (C=O) groups is 1. The second-order valence-electron chi connectivity index (χ2n) is 7.76. The lowest BCUT2D eigenvalue weighted by Gasteiger charge is -2.28. The number of hydrogen-bond donors (Lipinski definition) is 2. The number of carbonyl (C=O) groups excluding carboxylic acids is 1. The Bertz CT molecular complexity index is 351. The molecule has 0 aromatic heterocycles. The normalized spacial score (nSPS) is 33.6. The Kier molecular flexibility index (Phi) is 7.01. The zero-order valence-corrected chi connectivity index (χ0v) is 14.8. The fourth-order valence-electron chi connectivity index (χ4n) is 4.55. The van der Waals surface area contributed by atoms with Gasteiger partial charge in [0.15, 0.2) is 0 Å². The molecule has 4 unspecified atom stereocenters. The van der Waals surface area contributed by atoms with Crippen molar-refractivity contribution in [1.29, 1.82) is 0 Å². The maximum Gasteiger partial charge on any atom is 0.220 e. The van der Waals surface area contributed by atoms with Crippen LogP contribution in [-0.4, -0.2) is 25.0 Å². The van der Waals surface area contributed by atoms with Gasteiger partial charge in [-0.2, -0.15) is 0 Å². The van der Waals surface area contributed by atoms with Gasteiger partial charge in [-0.05, 0) is 56.0 Å². The van der Waals surface area contributed by atoms with E-state index in [0.29, 0.717) is 23.8 Å². The maximum absolute atomic E-state index is 12.2. The number of nitrogens with one attached hydrogen (secondary N) is 2. The molecule has 1 amide bonds. The zero-order valence-electron chi connectivity index (χ0n) is 14.0. The number of amides is 1. The first kappa shape index (κ1) is 18.1. The van der Waals surface area contributed by atoms with Crippen LogP contribution in [0.4, 0.5) is 0 Å². The van der Waals surface area contributed by atoms with Crippen molar-refractivity contribution in [3.63, 3.8) is 0 Å². The molecule has 3 aliphatic rings. The van der Waals surface area contributed by atoms with Crippen molar-refractivity contribution >= 4 is 18.3 Å². The van der Waals surface area contributed by atoms with Crippen LogP contribution in [0.25, 0.3) is 0 Å². The molecule has 2 N–H and O–H groups in total. The summed E-state index contributed by atoms with van der Waals surface area (Å²) in [6.07, 6.45) is 11.6. The summed E-state index contributed by atoms with van der Waals surface area (Å²) in [5, 5.41) is 6.77. The van der Waals surface area contributed by atoms with Gasteiger partial charge in [0.1, 0.15) is 0 Å². The van der Waals surface area contributed by atoms with Gasteiger partial charge in [0.05, 0.1) is 0 Å². The predicted molar refractivity (Wildman–Crippen MR) is 93.2 cm³/mol. The van der Waals surface area contributed by atoms with Crippen LogP contribution < -0.4 is 10.6 Å². The fourth-order valence-corrected chi connectivity index (χ4v) is 4.55. The van der Waals surface area contributed by atoms with Gasteiger partial charge in [-0.3, -0.25) is 4.79 Å². The lowest BCUT2D eigenvalue weighted by Crippen LogP contribution is -2.36. The average molecular weight is 329 g/mol. The summed E-state index contributed by atoms with van der Waals surface area (Å²) >= 11 is 0. The third kappa shape index (κ3) is 4.86. The standard InChI is InChI=1S/C18H32N2O.ClH/c1-13(15-8-5-9-19-12-15)10-18(21)20-17-11-16(17)14-6-3-2-4-7-14;/h13-17,19H,2-12H2,1H3,(H,20,21);1H. The van der Waals surface area contributed by atoms with Gasteiger partial charge in [0.2, 0.25) is 5.91 Å². The molecule has 0 radical (unpaired) electrons. The largest absolute Gasteiger partial charge is 0.353 e. The Morgan fingerprint density at radius 1 is 1.18 bits per heavy atom. The summed E-state index contributed by atoms with van der Waals surface area (Å²) in [4.78, 5) is 12.2. The van der Waals surface area contributed by atoms with Gasteiger partial charge in [0.25, 0.3) is 0 Å². The van der Waals surface area contributed by atoms with E-state index in [9.17, 15) is 4.79 Å². The Balaban J connectivity index is 0.00000176. The maximum atomic E-state index is 12.2. The molecule has 4 atom stereocenters. The highest BCUT2D eigenvalue weighted by Gasteiger charge is 2.43. The highest BCUT2D eigenvalue weighted by molar-refractivity contribution is 5.85. The molecule has 3 rings (SSSR count). The van der Waals surface area contributed by atoms with Crippen LogP contribution in [0.1, 0.15) is 64.7 Å². The fraction of sp³-hybridized carbons (Fsp3) is 0.944. The molecule has 2 saturated carbocycles. The van der Waals surface area contributed by atoms with Crippen LogP contribution in [-0.2, 0) is 4.79 Å². The molecule has 4 heteroatoms. The molecule has 1 saturated heterocycles. The van der Waals surface area contributed by atoms with Crippen molar-refractivity contribution in [2.24, 2.45) is 23.7 Å². The molecule has 1 aliphatic heterocycles. The molecular weight excluding hydrogens is 296 g/mol. The Hall–Kier alpha value is -0.280. The third-order valence-electron chi connectivity index (χ3n) is 6.09. The first-order chi connectivity index (χ1) is 10.2. The van der Waals surface area contributed by atoms with Crippen molar-refractivity contribution in [3.05, 3.63) is 0 Å². The minimum absolute atomic E-state index is 0. The zero-order chi connectivity index (χ0) is 14.7. The highest BCUT2D eigenvalue weighted by Crippen LogP contribution is 2.44. The van der Waals surface area contributed by atoms with Crippen LogP contribution in [0.2, 0.25) is 0 Å². The van der Waals surface area contributed by atoms with Crippen LogP contribution in [0, 0.1) is 23.7 Å². The van der Waals surface area contributed by atoms with E-state index in [1.165, 1.54) is 51.4 Å². The van der Waals surface area contributed by atoms with Gasteiger partial charge < -0.3 is 10.6 Å². The summed E-state index contributed by atoms with van der Waals surface area (Å²) in [6.45, 7) is 4.51. The minimum atomic E-state index is 0. The van der Waals surface area contributed by atoms with E-state index in [-0.39, 0.29) is 12.4 Å². The first-order valence-corrected chi connectivity index (χ1v) is 9.24. The molecule has 1 heterocycles. The topological polar surface area (TPSA) is 41.1 Å². The molecule has 0 bridgehead atoms. The summed E-state index contributed by atoms with van der Waals surface area (Å²) in [5.74, 6) is 3.23. The van der Waals surface area contributed by atoms with Crippen molar-refractivity contribution in [3.8, 4) is 0 Å². The summed E-state index contributed by atoms with van der Waals surface area (Å²) in [6, 6.07) is 0.511. The quantitative estimate of drug-likeness (QED) is 0.810. The van der Waals surface area contributed by atoms with Crippen molar-refractivity contribution in [2.75, 3.05) is 13.1 Å². The molecule has 0 spiro atoms. The number of rotatable bonds is 5. The number of hydrogen-bond acceptors (Lipinski definition) is 2. The van der Waals surface area contributed by atoms with Crippen molar-refractivity contribution < 1.29 is 4.79 Å². The monoisotopic (exact) mass is 328 g/mol. The summed E-state index contributed by atoms with van der Waals surface area (Å²) < 4.78 is 0. The highest BCUT2D eigenvalue weighted by atomic mass is 35.5. The van der Waals surface area contributed by atoms with E-state index in [0.717, 1.165) is 31.3 Å². The smallest absolute Gasteiger partial charge is 0.220 e. The van der Waals surface area contributed by atoms with Gasteiger partial charge in [-0.1, -0.05) is 39.0 Å². The number of halogens is 1. The van der Waals surface area contributed by atoms with Crippen molar-refractivity contribution in [2.45, 2.75) is 70.8 Å². The number of piperidine rings is 1. The Labute approximate surface area is 141 Å². The second-order valence-corrected chi connectivity index (χ2v) is 7.76. The lowest BCUT2D eigenvalue weighted by atomic mass is 9.85. The molecule has 2 aliphatic carbocycles. The lowest BCUT2D eigenvalue weighted by molar-refractivity contribution is -0.122. The molecule has 3 fully saturated rings. The van der Waals surface area contributed by atoms with E-state index in [2.05, 4.69) is 17.6 Å². The van der Waals surface area contributed by atoms with Gasteiger partial charge in [-0.15, -0.1) is 12.4 Å². The SMILES string of the molecule is CC(CC(=O)NC1CC1C1CCCCC1)C1CCCNC1.Cl.